The molecule has 1 fully saturated rings. The fourth-order valence-electron chi connectivity index (χ4n) is 2.93. The lowest BCUT2D eigenvalue weighted by Gasteiger charge is -2.31. The van der Waals surface area contributed by atoms with Crippen LogP contribution in [-0.2, 0) is 6.42 Å². The van der Waals surface area contributed by atoms with Crippen molar-refractivity contribution in [1.29, 1.82) is 0 Å². The summed E-state index contributed by atoms with van der Waals surface area (Å²) in [5.41, 5.74) is 0.419. The van der Waals surface area contributed by atoms with Crippen LogP contribution in [-0.4, -0.2) is 39.0 Å². The van der Waals surface area contributed by atoms with Gasteiger partial charge in [0, 0.05) is 31.3 Å². The van der Waals surface area contributed by atoms with Gasteiger partial charge in [0.1, 0.15) is 5.76 Å². The molecule has 2 aromatic rings. The Balaban J connectivity index is 1.75. The molecule has 7 nitrogen and oxygen atoms in total. The summed E-state index contributed by atoms with van der Waals surface area (Å²) in [6.07, 6.45) is 3.94. The summed E-state index contributed by atoms with van der Waals surface area (Å²) < 4.78 is 10.6. The lowest BCUT2D eigenvalue weighted by molar-refractivity contribution is 0.0695. The lowest BCUT2D eigenvalue weighted by Crippen LogP contribution is -2.40. The Kier molecular flexibility index (Phi) is 4.45. The van der Waals surface area contributed by atoms with Crippen LogP contribution >= 0.6 is 0 Å². The third kappa shape index (κ3) is 3.13. The SMILES string of the molecule is CCc1nc([C@@H]2CCCN(C(=O)c3ncoc3C(C)C)C2)no1. The van der Waals surface area contributed by atoms with Crippen LogP contribution in [0.3, 0.4) is 0 Å². The van der Waals surface area contributed by atoms with E-state index >= 15 is 0 Å². The van der Waals surface area contributed by atoms with Crippen LogP contribution in [0.1, 0.15) is 73.4 Å². The molecule has 0 N–H and O–H groups in total. The highest BCUT2D eigenvalue weighted by molar-refractivity contribution is 5.93. The van der Waals surface area contributed by atoms with Gasteiger partial charge in [0.15, 0.2) is 17.9 Å². The predicted molar refractivity (Wildman–Crippen MR) is 82.1 cm³/mol. The van der Waals surface area contributed by atoms with Crippen molar-refractivity contribution in [2.24, 2.45) is 0 Å². The Morgan fingerprint density at radius 3 is 3.00 bits per heavy atom. The Morgan fingerprint density at radius 2 is 2.30 bits per heavy atom. The second-order valence-corrected chi connectivity index (χ2v) is 6.21. The number of carbonyl (C=O) groups is 1. The summed E-state index contributed by atoms with van der Waals surface area (Å²) in [7, 11) is 0. The maximum Gasteiger partial charge on any atom is 0.276 e. The van der Waals surface area contributed by atoms with E-state index in [1.165, 1.54) is 6.39 Å². The zero-order valence-corrected chi connectivity index (χ0v) is 13.8. The zero-order valence-electron chi connectivity index (χ0n) is 13.8. The normalized spacial score (nSPS) is 18.6. The van der Waals surface area contributed by atoms with E-state index < -0.39 is 0 Å². The first-order chi connectivity index (χ1) is 11.1. The summed E-state index contributed by atoms with van der Waals surface area (Å²) >= 11 is 0. The first-order valence-electron chi connectivity index (χ1n) is 8.15. The molecule has 1 aliphatic heterocycles. The first-order valence-corrected chi connectivity index (χ1v) is 8.15. The topological polar surface area (TPSA) is 85.3 Å². The second-order valence-electron chi connectivity index (χ2n) is 6.21. The number of piperidine rings is 1. The molecule has 3 heterocycles. The smallest absolute Gasteiger partial charge is 0.276 e. The molecule has 0 saturated carbocycles. The highest BCUT2D eigenvalue weighted by Crippen LogP contribution is 2.27. The molecule has 0 aliphatic carbocycles. The Labute approximate surface area is 135 Å². The number of rotatable bonds is 4. The molecule has 0 unspecified atom stereocenters. The molecule has 3 rings (SSSR count). The summed E-state index contributed by atoms with van der Waals surface area (Å²) in [5.74, 6) is 2.15. The van der Waals surface area contributed by atoms with Crippen LogP contribution in [0.4, 0.5) is 0 Å². The maximum atomic E-state index is 12.8. The third-order valence-corrected chi connectivity index (χ3v) is 4.18. The molecule has 0 bridgehead atoms. The Hall–Kier alpha value is -2.18. The quantitative estimate of drug-likeness (QED) is 0.861. The van der Waals surface area contributed by atoms with Crippen molar-refractivity contribution >= 4 is 5.91 Å². The number of aromatic nitrogens is 3. The van der Waals surface area contributed by atoms with E-state index in [0.717, 1.165) is 25.8 Å². The highest BCUT2D eigenvalue weighted by Gasteiger charge is 2.31. The number of aryl methyl sites for hydroxylation is 1. The van der Waals surface area contributed by atoms with E-state index in [-0.39, 0.29) is 17.7 Å². The molecule has 0 spiro atoms. The van der Waals surface area contributed by atoms with E-state index in [1.807, 2.05) is 25.7 Å². The molecule has 23 heavy (non-hydrogen) atoms. The zero-order chi connectivity index (χ0) is 16.4. The van der Waals surface area contributed by atoms with Crippen LogP contribution in [0.15, 0.2) is 15.3 Å². The standard InChI is InChI=1S/C16H22N4O3/c1-4-12-18-15(19-23-12)11-6-5-7-20(8-11)16(21)13-14(10(2)3)22-9-17-13/h9-11H,4-8H2,1-3H3/t11-/m1/s1. The van der Waals surface area contributed by atoms with Crippen LogP contribution in [0.25, 0.3) is 0 Å². The Bertz CT molecular complexity index is 676. The molecule has 2 aromatic heterocycles. The summed E-state index contributed by atoms with van der Waals surface area (Å²) in [6, 6.07) is 0. The average Bonchev–Trinajstić information content (AvgIpc) is 3.23. The van der Waals surface area contributed by atoms with E-state index in [4.69, 9.17) is 8.94 Å². The van der Waals surface area contributed by atoms with E-state index in [2.05, 4.69) is 15.1 Å². The minimum absolute atomic E-state index is 0.0774. The van der Waals surface area contributed by atoms with Crippen LogP contribution in [0.2, 0.25) is 0 Å². The number of likely N-dealkylation sites (tertiary alicyclic amines) is 1. The van der Waals surface area contributed by atoms with E-state index in [0.29, 0.717) is 29.7 Å². The van der Waals surface area contributed by atoms with Crippen molar-refractivity contribution in [2.75, 3.05) is 13.1 Å². The summed E-state index contributed by atoms with van der Waals surface area (Å²) in [5, 5.41) is 4.05. The molecule has 1 saturated heterocycles. The van der Waals surface area contributed by atoms with E-state index in [9.17, 15) is 4.79 Å². The second kappa shape index (κ2) is 6.52. The van der Waals surface area contributed by atoms with E-state index in [1.54, 1.807) is 0 Å². The van der Waals surface area contributed by atoms with Crippen molar-refractivity contribution in [3.63, 3.8) is 0 Å². The minimum atomic E-state index is -0.0774. The molecule has 0 radical (unpaired) electrons. The van der Waals surface area contributed by atoms with Gasteiger partial charge in [-0.15, -0.1) is 0 Å². The monoisotopic (exact) mass is 318 g/mol. The molecule has 124 valence electrons. The summed E-state index contributed by atoms with van der Waals surface area (Å²) in [6.45, 7) is 7.26. The maximum absolute atomic E-state index is 12.8. The van der Waals surface area contributed by atoms with Gasteiger partial charge >= 0.3 is 0 Å². The van der Waals surface area contributed by atoms with Crippen molar-refractivity contribution in [1.82, 2.24) is 20.0 Å². The fraction of sp³-hybridized carbons (Fsp3) is 0.625. The van der Waals surface area contributed by atoms with Gasteiger partial charge in [-0.2, -0.15) is 4.98 Å². The molecular weight excluding hydrogens is 296 g/mol. The summed E-state index contributed by atoms with van der Waals surface area (Å²) in [4.78, 5) is 23.1. The third-order valence-electron chi connectivity index (χ3n) is 4.18. The number of amides is 1. The van der Waals surface area contributed by atoms with Crippen molar-refractivity contribution in [3.8, 4) is 0 Å². The number of carbonyl (C=O) groups excluding carboxylic acids is 1. The average molecular weight is 318 g/mol. The van der Waals surface area contributed by atoms with Crippen molar-refractivity contribution < 1.29 is 13.7 Å². The molecule has 7 heteroatoms. The van der Waals surface area contributed by atoms with Gasteiger partial charge in [-0.25, -0.2) is 4.98 Å². The molecular formula is C16H22N4O3. The highest BCUT2D eigenvalue weighted by atomic mass is 16.5. The predicted octanol–water partition coefficient (Wildman–Crippen LogP) is 2.76. The van der Waals surface area contributed by atoms with Crippen molar-refractivity contribution in [3.05, 3.63) is 29.6 Å². The van der Waals surface area contributed by atoms with Gasteiger partial charge in [-0.3, -0.25) is 4.79 Å². The van der Waals surface area contributed by atoms with Gasteiger partial charge in [0.2, 0.25) is 5.89 Å². The number of oxazole rings is 1. The van der Waals surface area contributed by atoms with Crippen molar-refractivity contribution in [2.45, 2.75) is 51.9 Å². The molecule has 1 amide bonds. The molecule has 1 aliphatic rings. The lowest BCUT2D eigenvalue weighted by atomic mass is 9.97. The minimum Gasteiger partial charge on any atom is -0.447 e. The first kappa shape index (κ1) is 15.7. The van der Waals surface area contributed by atoms with Crippen LogP contribution in [0.5, 0.6) is 0 Å². The van der Waals surface area contributed by atoms with Crippen LogP contribution in [0, 0.1) is 0 Å². The largest absolute Gasteiger partial charge is 0.447 e. The number of nitrogens with zero attached hydrogens (tertiary/aromatic N) is 4. The van der Waals surface area contributed by atoms with Crippen LogP contribution < -0.4 is 0 Å². The molecule has 1 atom stereocenters. The van der Waals surface area contributed by atoms with Gasteiger partial charge in [0.25, 0.3) is 5.91 Å². The molecule has 0 aromatic carbocycles. The number of hydrogen-bond acceptors (Lipinski definition) is 6. The Morgan fingerprint density at radius 1 is 1.48 bits per heavy atom. The van der Waals surface area contributed by atoms with Gasteiger partial charge < -0.3 is 13.8 Å². The van der Waals surface area contributed by atoms with Gasteiger partial charge in [0.05, 0.1) is 0 Å². The fourth-order valence-corrected chi connectivity index (χ4v) is 2.93. The van der Waals surface area contributed by atoms with Gasteiger partial charge in [-0.1, -0.05) is 25.9 Å². The number of hydrogen-bond donors (Lipinski definition) is 0. The van der Waals surface area contributed by atoms with Gasteiger partial charge in [-0.05, 0) is 12.8 Å².